The molecule has 4 rings (SSSR count). The van der Waals surface area contributed by atoms with Crippen molar-refractivity contribution in [3.8, 4) is 11.5 Å². The number of fused-ring (bicyclic) bond motifs is 1. The van der Waals surface area contributed by atoms with E-state index in [0.717, 1.165) is 10.9 Å². The van der Waals surface area contributed by atoms with Gasteiger partial charge >= 0.3 is 0 Å². The van der Waals surface area contributed by atoms with Crippen molar-refractivity contribution in [2.45, 2.75) is 6.92 Å². The fraction of sp³-hybridized carbons (Fsp3) is 0.125. The monoisotopic (exact) mass is 416 g/mol. The Labute approximate surface area is 178 Å². The molecule has 0 unspecified atom stereocenters. The topological polar surface area (TPSA) is 90.7 Å². The number of anilines is 1. The number of hydrogen-bond acceptors (Lipinski definition) is 6. The molecule has 0 spiro atoms. The number of nitrogens with one attached hydrogen (secondary N) is 1. The Morgan fingerprint density at radius 3 is 2.48 bits per heavy atom. The van der Waals surface area contributed by atoms with Gasteiger partial charge < -0.3 is 19.2 Å². The van der Waals surface area contributed by atoms with E-state index in [0.29, 0.717) is 34.0 Å². The van der Waals surface area contributed by atoms with Crippen molar-refractivity contribution in [3.63, 3.8) is 0 Å². The summed E-state index contributed by atoms with van der Waals surface area (Å²) >= 11 is 0. The molecule has 0 saturated heterocycles. The first-order chi connectivity index (χ1) is 15.0. The Hall–Kier alpha value is -4.13. The maximum absolute atomic E-state index is 13.1. The van der Waals surface area contributed by atoms with Crippen molar-refractivity contribution in [2.75, 3.05) is 19.5 Å². The first kappa shape index (κ1) is 20.2. The maximum Gasteiger partial charge on any atom is 0.274 e. The smallest absolute Gasteiger partial charge is 0.274 e. The van der Waals surface area contributed by atoms with Gasteiger partial charge in [-0.15, -0.1) is 0 Å². The third-order valence-electron chi connectivity index (χ3n) is 4.95. The number of carbonyl (C=O) groups excluding carboxylic acids is 2. The van der Waals surface area contributed by atoms with Gasteiger partial charge in [0.15, 0.2) is 17.3 Å². The van der Waals surface area contributed by atoms with Crippen molar-refractivity contribution in [2.24, 2.45) is 0 Å². The van der Waals surface area contributed by atoms with Crippen LogP contribution in [0, 0.1) is 6.92 Å². The molecule has 0 atom stereocenters. The molecule has 1 N–H and O–H groups in total. The summed E-state index contributed by atoms with van der Waals surface area (Å²) in [7, 11) is 3.05. The molecule has 2 aromatic heterocycles. The van der Waals surface area contributed by atoms with E-state index in [9.17, 15) is 9.59 Å². The van der Waals surface area contributed by atoms with E-state index >= 15 is 0 Å². The van der Waals surface area contributed by atoms with E-state index in [1.807, 2.05) is 13.0 Å². The fourth-order valence-electron chi connectivity index (χ4n) is 3.32. The summed E-state index contributed by atoms with van der Waals surface area (Å²) < 4.78 is 16.4. The van der Waals surface area contributed by atoms with E-state index < -0.39 is 0 Å². The number of ether oxygens (including phenoxy) is 2. The Kier molecular flexibility index (Phi) is 5.41. The van der Waals surface area contributed by atoms with Gasteiger partial charge in [0, 0.05) is 34.5 Å². The molecular formula is C24H20N2O5. The molecular weight excluding hydrogens is 396 g/mol. The number of benzene rings is 2. The number of nitrogens with zero attached hydrogens (tertiary/aromatic N) is 1. The van der Waals surface area contributed by atoms with Crippen LogP contribution >= 0.6 is 0 Å². The van der Waals surface area contributed by atoms with Gasteiger partial charge in [-0.3, -0.25) is 14.6 Å². The minimum atomic E-state index is -0.329. The number of carbonyl (C=O) groups is 2. The van der Waals surface area contributed by atoms with E-state index in [4.69, 9.17) is 13.9 Å². The minimum Gasteiger partial charge on any atom is -0.493 e. The van der Waals surface area contributed by atoms with E-state index in [-0.39, 0.29) is 17.5 Å². The van der Waals surface area contributed by atoms with Crippen LogP contribution in [-0.4, -0.2) is 30.9 Å². The van der Waals surface area contributed by atoms with Crippen LogP contribution < -0.4 is 14.8 Å². The molecule has 0 aliphatic rings. The normalized spacial score (nSPS) is 10.7. The lowest BCUT2D eigenvalue weighted by Gasteiger charge is -2.08. The average molecular weight is 416 g/mol. The second-order valence-electron chi connectivity index (χ2n) is 6.84. The van der Waals surface area contributed by atoms with E-state index in [1.54, 1.807) is 54.7 Å². The van der Waals surface area contributed by atoms with E-state index in [2.05, 4.69) is 10.3 Å². The molecule has 7 heteroatoms. The molecule has 0 bridgehead atoms. The predicted octanol–water partition coefficient (Wildman–Crippen LogP) is 4.64. The first-order valence-electron chi connectivity index (χ1n) is 9.54. The van der Waals surface area contributed by atoms with Gasteiger partial charge in [0.1, 0.15) is 11.3 Å². The van der Waals surface area contributed by atoms with Crippen LogP contribution in [0.3, 0.4) is 0 Å². The van der Waals surface area contributed by atoms with Gasteiger partial charge in [-0.05, 0) is 49.4 Å². The first-order valence-corrected chi connectivity index (χ1v) is 9.54. The number of hydrogen-bond donors (Lipinski definition) is 1. The van der Waals surface area contributed by atoms with Crippen LogP contribution in [0.25, 0.3) is 11.0 Å². The predicted molar refractivity (Wildman–Crippen MR) is 116 cm³/mol. The average Bonchev–Trinajstić information content (AvgIpc) is 3.14. The second kappa shape index (κ2) is 8.31. The number of furan rings is 1. The molecule has 0 fully saturated rings. The number of aromatic nitrogens is 1. The Balaban J connectivity index is 1.65. The van der Waals surface area contributed by atoms with Gasteiger partial charge in [0.05, 0.1) is 14.2 Å². The van der Waals surface area contributed by atoms with Crippen molar-refractivity contribution < 1.29 is 23.5 Å². The van der Waals surface area contributed by atoms with Gasteiger partial charge in [0.2, 0.25) is 5.78 Å². The summed E-state index contributed by atoms with van der Waals surface area (Å²) in [6.45, 7) is 1.83. The van der Waals surface area contributed by atoms with Crippen molar-refractivity contribution in [1.82, 2.24) is 4.98 Å². The summed E-state index contributed by atoms with van der Waals surface area (Å²) in [6.07, 6.45) is 1.56. The van der Waals surface area contributed by atoms with Crippen LogP contribution in [-0.2, 0) is 0 Å². The zero-order valence-corrected chi connectivity index (χ0v) is 17.3. The number of rotatable bonds is 6. The molecule has 0 radical (unpaired) electrons. The summed E-state index contributed by atoms with van der Waals surface area (Å²) in [4.78, 5) is 29.5. The summed E-state index contributed by atoms with van der Waals surface area (Å²) in [5.41, 5.74) is 2.49. The number of ketones is 1. The van der Waals surface area contributed by atoms with Gasteiger partial charge in [0.25, 0.3) is 5.91 Å². The van der Waals surface area contributed by atoms with Crippen LogP contribution in [0.4, 0.5) is 5.69 Å². The lowest BCUT2D eigenvalue weighted by atomic mass is 10.0. The van der Waals surface area contributed by atoms with Crippen molar-refractivity contribution >= 4 is 28.3 Å². The molecule has 0 saturated carbocycles. The van der Waals surface area contributed by atoms with Crippen molar-refractivity contribution in [3.05, 3.63) is 83.4 Å². The molecule has 2 heterocycles. The fourth-order valence-corrected chi connectivity index (χ4v) is 3.32. The third-order valence-corrected chi connectivity index (χ3v) is 4.95. The molecule has 0 aliphatic carbocycles. The summed E-state index contributed by atoms with van der Waals surface area (Å²) in [5.74, 6) is 0.629. The van der Waals surface area contributed by atoms with Crippen LogP contribution in [0.2, 0.25) is 0 Å². The highest BCUT2D eigenvalue weighted by atomic mass is 16.5. The van der Waals surface area contributed by atoms with E-state index in [1.165, 1.54) is 14.2 Å². The molecule has 1 amide bonds. The lowest BCUT2D eigenvalue weighted by molar-refractivity contribution is 0.100. The number of aryl methyl sites for hydroxylation is 1. The SMILES string of the molecule is COc1ccc(C(=O)c2oc3cc(NC(=O)c4ccccn4)ccc3c2C)cc1OC. The number of methoxy groups -OCH3 is 2. The Morgan fingerprint density at radius 1 is 0.968 bits per heavy atom. The quantitative estimate of drug-likeness (QED) is 0.461. The van der Waals surface area contributed by atoms with Crippen LogP contribution in [0.5, 0.6) is 11.5 Å². The minimum absolute atomic E-state index is 0.232. The maximum atomic E-state index is 13.1. The largest absolute Gasteiger partial charge is 0.493 e. The molecule has 2 aromatic carbocycles. The molecule has 7 nitrogen and oxygen atoms in total. The lowest BCUT2D eigenvalue weighted by Crippen LogP contribution is -2.13. The Morgan fingerprint density at radius 2 is 1.77 bits per heavy atom. The van der Waals surface area contributed by atoms with Crippen molar-refractivity contribution in [1.29, 1.82) is 0 Å². The molecule has 0 aliphatic heterocycles. The van der Waals surface area contributed by atoms with Crippen LogP contribution in [0.15, 0.2) is 65.2 Å². The summed E-state index contributed by atoms with van der Waals surface area (Å²) in [5, 5.41) is 3.58. The third kappa shape index (κ3) is 3.85. The highest BCUT2D eigenvalue weighted by Gasteiger charge is 2.21. The molecule has 156 valence electrons. The molecule has 4 aromatic rings. The van der Waals surface area contributed by atoms with Gasteiger partial charge in [-0.25, -0.2) is 0 Å². The van der Waals surface area contributed by atoms with Gasteiger partial charge in [-0.1, -0.05) is 6.07 Å². The summed E-state index contributed by atoms with van der Waals surface area (Å²) in [6, 6.07) is 15.3. The standard InChI is InChI=1S/C24H20N2O5/c1-14-17-9-8-16(26-24(28)18-6-4-5-11-25-18)13-20(17)31-23(14)22(27)15-7-10-19(29-2)21(12-15)30-3/h4-13H,1-3H3,(H,26,28). The number of pyridine rings is 1. The van der Waals surface area contributed by atoms with Gasteiger partial charge in [-0.2, -0.15) is 0 Å². The second-order valence-corrected chi connectivity index (χ2v) is 6.84. The molecule has 31 heavy (non-hydrogen) atoms. The zero-order chi connectivity index (χ0) is 22.0. The Bertz CT molecular complexity index is 1280. The zero-order valence-electron chi connectivity index (χ0n) is 17.3. The highest BCUT2D eigenvalue weighted by Crippen LogP contribution is 2.32. The van der Waals surface area contributed by atoms with Crippen LogP contribution in [0.1, 0.15) is 32.2 Å². The number of amides is 1. The highest BCUT2D eigenvalue weighted by molar-refractivity contribution is 6.11.